The van der Waals surface area contributed by atoms with E-state index >= 15 is 0 Å². The third-order valence-corrected chi connectivity index (χ3v) is 8.77. The number of hydrogen-bond donors (Lipinski definition) is 0. The van der Waals surface area contributed by atoms with Crippen molar-refractivity contribution < 1.29 is 22.5 Å². The highest BCUT2D eigenvalue weighted by Gasteiger charge is 2.43. The van der Waals surface area contributed by atoms with Crippen LogP contribution in [-0.2, 0) is 19.4 Å². The maximum atomic E-state index is 11.9. The minimum atomic E-state index is -3.23. The number of ketones is 1. The Hall–Kier alpha value is -2.42. The fourth-order valence-corrected chi connectivity index (χ4v) is 5.76. The first-order valence-electron chi connectivity index (χ1n) is 12.7. The predicted molar refractivity (Wildman–Crippen MR) is 134 cm³/mol. The largest absolute Gasteiger partial charge is 0.498 e. The van der Waals surface area contributed by atoms with E-state index in [1.807, 2.05) is 13.0 Å². The van der Waals surface area contributed by atoms with Crippen LogP contribution < -0.4 is 4.90 Å². The number of carbonyl (C=O) groups is 1. The van der Waals surface area contributed by atoms with Gasteiger partial charge in [-0.25, -0.2) is 8.42 Å². The summed E-state index contributed by atoms with van der Waals surface area (Å²) in [5, 5.41) is 3.99. The molecule has 1 saturated carbocycles. The predicted octanol–water partition coefficient (Wildman–Crippen LogP) is 4.57. The molecule has 0 spiro atoms. The molecule has 1 saturated heterocycles. The zero-order valence-electron chi connectivity index (χ0n) is 21.2. The van der Waals surface area contributed by atoms with Crippen LogP contribution in [0.3, 0.4) is 0 Å². The molecular weight excluding hydrogens is 466 g/mol. The maximum Gasteiger partial charge on any atom is 0.324 e. The number of piperidine rings is 1. The van der Waals surface area contributed by atoms with Crippen molar-refractivity contribution in [1.82, 2.24) is 10.1 Å². The topological polar surface area (TPSA) is 103 Å². The van der Waals surface area contributed by atoms with Crippen LogP contribution in [0.25, 0.3) is 0 Å². The Morgan fingerprint density at radius 2 is 2.03 bits per heavy atom. The number of nitrogens with zero attached hydrogens (tertiary/aromatic N) is 3. The molecule has 3 unspecified atom stereocenters. The number of hydrogen-bond acceptors (Lipinski definition) is 8. The van der Waals surface area contributed by atoms with Crippen LogP contribution >= 0.6 is 0 Å². The molecule has 0 aromatic carbocycles. The van der Waals surface area contributed by atoms with Gasteiger partial charge in [0.15, 0.2) is 15.7 Å². The summed E-state index contributed by atoms with van der Waals surface area (Å²) >= 11 is 0. The van der Waals surface area contributed by atoms with Crippen LogP contribution in [0.2, 0.25) is 0 Å². The number of ether oxygens (including phenoxy) is 1. The molecule has 35 heavy (non-hydrogen) atoms. The zero-order chi connectivity index (χ0) is 25.2. The molecular formula is C26H37N3O5S. The first kappa shape index (κ1) is 25.7. The molecule has 2 fully saturated rings. The lowest BCUT2D eigenvalue weighted by Crippen LogP contribution is -2.34. The molecule has 3 atom stereocenters. The first-order chi connectivity index (χ1) is 16.7. The second kappa shape index (κ2) is 10.7. The number of anilines is 1. The van der Waals surface area contributed by atoms with Crippen molar-refractivity contribution in [3.05, 3.63) is 40.3 Å². The summed E-state index contributed by atoms with van der Waals surface area (Å²) < 4.78 is 35.4. The number of allylic oxidation sites excluding steroid dienone is 4. The summed E-state index contributed by atoms with van der Waals surface area (Å²) in [5.74, 6) is 3.17. The Morgan fingerprint density at radius 3 is 2.69 bits per heavy atom. The third kappa shape index (κ3) is 6.42. The summed E-state index contributed by atoms with van der Waals surface area (Å²) in [6.07, 6.45) is 12.5. The van der Waals surface area contributed by atoms with E-state index in [2.05, 4.69) is 15.0 Å². The Kier molecular flexibility index (Phi) is 7.83. The molecule has 1 aromatic heterocycles. The lowest BCUT2D eigenvalue weighted by atomic mass is 9.90. The summed E-state index contributed by atoms with van der Waals surface area (Å²) in [7, 11) is -3.23. The minimum absolute atomic E-state index is 0.0348. The Labute approximate surface area is 208 Å². The van der Waals surface area contributed by atoms with Gasteiger partial charge in [-0.15, -0.1) is 0 Å². The average Bonchev–Trinajstić information content (AvgIpc) is 3.49. The van der Waals surface area contributed by atoms with Crippen LogP contribution in [-0.4, -0.2) is 50.3 Å². The van der Waals surface area contributed by atoms with Crippen molar-refractivity contribution in [2.75, 3.05) is 30.9 Å². The van der Waals surface area contributed by atoms with E-state index in [9.17, 15) is 13.2 Å². The summed E-state index contributed by atoms with van der Waals surface area (Å²) in [6.45, 7) is 7.85. The second-order valence-corrected chi connectivity index (χ2v) is 12.2. The van der Waals surface area contributed by atoms with E-state index in [0.29, 0.717) is 41.6 Å². The number of aromatic nitrogens is 2. The fraction of sp³-hybridized carbons (Fsp3) is 0.654. The van der Waals surface area contributed by atoms with Crippen LogP contribution in [0.5, 0.6) is 0 Å². The van der Waals surface area contributed by atoms with Gasteiger partial charge < -0.3 is 14.2 Å². The van der Waals surface area contributed by atoms with Gasteiger partial charge in [-0.1, -0.05) is 17.7 Å². The highest BCUT2D eigenvalue weighted by atomic mass is 32.2. The molecule has 192 valence electrons. The quantitative estimate of drug-likeness (QED) is 0.457. The van der Waals surface area contributed by atoms with E-state index < -0.39 is 9.84 Å². The third-order valence-electron chi connectivity index (χ3n) is 7.66. The van der Waals surface area contributed by atoms with Gasteiger partial charge in [-0.2, -0.15) is 4.98 Å². The van der Waals surface area contributed by atoms with Gasteiger partial charge in [0.1, 0.15) is 11.5 Å². The van der Waals surface area contributed by atoms with Crippen LogP contribution in [0.15, 0.2) is 39.0 Å². The molecule has 0 amide bonds. The lowest BCUT2D eigenvalue weighted by molar-refractivity contribution is -0.118. The van der Waals surface area contributed by atoms with Gasteiger partial charge in [-0.3, -0.25) is 4.79 Å². The highest BCUT2D eigenvalue weighted by molar-refractivity contribution is 7.94. The average molecular weight is 504 g/mol. The van der Waals surface area contributed by atoms with Crippen molar-refractivity contribution in [1.29, 1.82) is 0 Å². The summed E-state index contributed by atoms with van der Waals surface area (Å²) in [5.41, 5.74) is 1.07. The van der Waals surface area contributed by atoms with Crippen molar-refractivity contribution in [3.63, 3.8) is 0 Å². The molecule has 2 heterocycles. The van der Waals surface area contributed by atoms with Crippen LogP contribution in [0.1, 0.15) is 71.0 Å². The van der Waals surface area contributed by atoms with E-state index in [1.165, 1.54) is 12.7 Å². The smallest absolute Gasteiger partial charge is 0.324 e. The zero-order valence-corrected chi connectivity index (χ0v) is 22.0. The monoisotopic (exact) mass is 503 g/mol. The van der Waals surface area contributed by atoms with E-state index in [4.69, 9.17) is 9.26 Å². The SMILES string of the molecule is CCC1=CC(S(C)(=O)=O)=CC=C(OCCC2CC2C2CCN(c3nc(C(C)C(C)=O)no3)CC2)C1. The second-order valence-electron chi connectivity index (χ2n) is 10.2. The minimum Gasteiger partial charge on any atom is -0.498 e. The Bertz CT molecular complexity index is 1130. The van der Waals surface area contributed by atoms with Gasteiger partial charge in [0.05, 0.1) is 17.4 Å². The Balaban J connectivity index is 1.21. The van der Waals surface area contributed by atoms with Gasteiger partial charge in [0, 0.05) is 25.8 Å². The van der Waals surface area contributed by atoms with Crippen molar-refractivity contribution in [2.24, 2.45) is 17.8 Å². The van der Waals surface area contributed by atoms with Gasteiger partial charge in [0.2, 0.25) is 0 Å². The normalized spacial score (nSPS) is 24.2. The van der Waals surface area contributed by atoms with E-state index in [-0.39, 0.29) is 11.7 Å². The maximum absolute atomic E-state index is 11.9. The van der Waals surface area contributed by atoms with E-state index in [1.54, 1.807) is 26.0 Å². The van der Waals surface area contributed by atoms with Crippen molar-refractivity contribution in [3.8, 4) is 0 Å². The van der Waals surface area contributed by atoms with Crippen molar-refractivity contribution in [2.45, 2.75) is 65.2 Å². The molecule has 2 aliphatic carbocycles. The molecule has 1 aliphatic heterocycles. The molecule has 4 rings (SSSR count). The first-order valence-corrected chi connectivity index (χ1v) is 14.6. The van der Waals surface area contributed by atoms with Gasteiger partial charge in [0.25, 0.3) is 0 Å². The molecule has 8 nitrogen and oxygen atoms in total. The molecule has 0 radical (unpaired) electrons. The number of rotatable bonds is 10. The molecule has 0 bridgehead atoms. The summed E-state index contributed by atoms with van der Waals surface area (Å²) in [4.78, 5) is 18.5. The Morgan fingerprint density at radius 1 is 1.29 bits per heavy atom. The molecule has 3 aliphatic rings. The van der Waals surface area contributed by atoms with Gasteiger partial charge >= 0.3 is 6.01 Å². The number of Topliss-reactive ketones (excluding diaryl/α,β-unsaturated/α-hetero) is 1. The highest BCUT2D eigenvalue weighted by Crippen LogP contribution is 2.50. The van der Waals surface area contributed by atoms with E-state index in [0.717, 1.165) is 56.0 Å². The fourth-order valence-electron chi connectivity index (χ4n) is 5.07. The van der Waals surface area contributed by atoms with Crippen LogP contribution in [0.4, 0.5) is 6.01 Å². The standard InChI is InChI=1S/C26H37N3O5S/c1-5-19-14-22(6-7-23(15-19)35(4,31)32)33-13-10-21-16-24(21)20-8-11-29(12-9-20)26-27-25(28-34-26)17(2)18(3)30/h6-7,15,17,20-21,24H,5,8-14,16H2,1-4H3. The van der Waals surface area contributed by atoms with Crippen molar-refractivity contribution >= 4 is 21.6 Å². The summed E-state index contributed by atoms with van der Waals surface area (Å²) in [6, 6.07) is 0.526. The number of carbonyl (C=O) groups excluding carboxylic acids is 1. The molecule has 1 aromatic rings. The molecule has 0 N–H and O–H groups in total. The van der Waals surface area contributed by atoms with Gasteiger partial charge in [-0.05, 0) is 81.9 Å². The lowest BCUT2D eigenvalue weighted by Gasteiger charge is -2.30. The molecule has 9 heteroatoms. The van der Waals surface area contributed by atoms with Crippen LogP contribution in [0, 0.1) is 17.8 Å². The number of sulfone groups is 1.